The van der Waals surface area contributed by atoms with E-state index in [1.165, 1.54) is 11.3 Å². The Morgan fingerprint density at radius 1 is 1.29 bits per heavy atom. The van der Waals surface area contributed by atoms with Crippen LogP contribution in [-0.4, -0.2) is 72.2 Å². The van der Waals surface area contributed by atoms with Crippen molar-refractivity contribution in [3.05, 3.63) is 28.3 Å². The van der Waals surface area contributed by atoms with Crippen molar-refractivity contribution in [2.75, 3.05) is 26.2 Å². The number of carbonyl (C=O) groups is 1. The van der Waals surface area contributed by atoms with E-state index >= 15 is 0 Å². The first-order chi connectivity index (χ1) is 13.7. The van der Waals surface area contributed by atoms with E-state index in [0.29, 0.717) is 30.4 Å². The number of piperazine rings is 1. The molecule has 0 atom stereocenters. The molecule has 0 saturated carbocycles. The smallest absolute Gasteiger partial charge is 0.239 e. The molecule has 1 saturated heterocycles. The van der Waals surface area contributed by atoms with Gasteiger partial charge in [0.2, 0.25) is 17.6 Å². The number of rotatable bonds is 7. The maximum Gasteiger partial charge on any atom is 0.239 e. The van der Waals surface area contributed by atoms with Crippen LogP contribution in [0.25, 0.3) is 11.6 Å². The molecule has 3 aromatic heterocycles. The summed E-state index contributed by atoms with van der Waals surface area (Å²) in [7, 11) is 0. The summed E-state index contributed by atoms with van der Waals surface area (Å²) < 4.78 is 5.19. The van der Waals surface area contributed by atoms with Crippen molar-refractivity contribution >= 4 is 17.2 Å². The molecule has 10 nitrogen and oxygen atoms in total. The van der Waals surface area contributed by atoms with Crippen LogP contribution in [0.1, 0.15) is 29.9 Å². The Balaban J connectivity index is 1.22. The Bertz CT molecular complexity index is 898. The minimum atomic E-state index is 0.112. The van der Waals surface area contributed by atoms with Gasteiger partial charge >= 0.3 is 0 Å². The Morgan fingerprint density at radius 2 is 2.14 bits per heavy atom. The Hall–Kier alpha value is -2.66. The summed E-state index contributed by atoms with van der Waals surface area (Å²) in [6, 6.07) is 0. The molecule has 0 aromatic carbocycles. The third-order valence-corrected chi connectivity index (χ3v) is 5.70. The lowest BCUT2D eigenvalue weighted by molar-refractivity contribution is -0.133. The van der Waals surface area contributed by atoms with Crippen molar-refractivity contribution < 1.29 is 9.32 Å². The highest BCUT2D eigenvalue weighted by Gasteiger charge is 2.22. The molecule has 0 aliphatic carbocycles. The van der Waals surface area contributed by atoms with Gasteiger partial charge < -0.3 is 9.42 Å². The van der Waals surface area contributed by atoms with Crippen molar-refractivity contribution in [3.8, 4) is 11.6 Å². The molecule has 1 amide bonds. The predicted molar refractivity (Wildman–Crippen MR) is 101 cm³/mol. The molecule has 1 aliphatic heterocycles. The van der Waals surface area contributed by atoms with Crippen LogP contribution >= 0.6 is 11.3 Å². The maximum atomic E-state index is 12.5. The van der Waals surface area contributed by atoms with Crippen LogP contribution < -0.4 is 0 Å². The molecule has 4 heterocycles. The molecule has 3 aromatic rings. The van der Waals surface area contributed by atoms with Crippen LogP contribution in [0, 0.1) is 0 Å². The average Bonchev–Trinajstić information content (AvgIpc) is 3.47. The summed E-state index contributed by atoms with van der Waals surface area (Å²) in [5.74, 6) is 1.33. The molecule has 11 heteroatoms. The van der Waals surface area contributed by atoms with Crippen molar-refractivity contribution in [1.29, 1.82) is 0 Å². The van der Waals surface area contributed by atoms with Gasteiger partial charge in [0.15, 0.2) is 5.82 Å². The molecule has 0 radical (unpaired) electrons. The van der Waals surface area contributed by atoms with Crippen molar-refractivity contribution in [2.24, 2.45) is 0 Å². The van der Waals surface area contributed by atoms with Crippen LogP contribution in [0.3, 0.4) is 0 Å². The number of aryl methyl sites for hydroxylation is 2. The van der Waals surface area contributed by atoms with Crippen molar-refractivity contribution in [3.63, 3.8) is 0 Å². The molecule has 28 heavy (non-hydrogen) atoms. The number of thiazole rings is 1. The van der Waals surface area contributed by atoms with Crippen LogP contribution in [0.4, 0.5) is 0 Å². The summed E-state index contributed by atoms with van der Waals surface area (Å²) in [6.45, 7) is 6.16. The van der Waals surface area contributed by atoms with E-state index in [-0.39, 0.29) is 5.91 Å². The van der Waals surface area contributed by atoms with Gasteiger partial charge in [-0.25, -0.2) is 9.97 Å². The molecule has 4 rings (SSSR count). The molecule has 0 bridgehead atoms. The molecule has 1 fully saturated rings. The van der Waals surface area contributed by atoms with Crippen LogP contribution in [-0.2, 0) is 24.2 Å². The summed E-state index contributed by atoms with van der Waals surface area (Å²) in [5.41, 5.74) is 1.13. The number of aromatic nitrogens is 6. The quantitative estimate of drug-likeness (QED) is 0.625. The number of hydrogen-bond donors (Lipinski definition) is 1. The zero-order chi connectivity index (χ0) is 19.3. The fourth-order valence-electron chi connectivity index (χ4n) is 3.11. The largest absolute Gasteiger partial charge is 0.340 e. The molecule has 148 valence electrons. The lowest BCUT2D eigenvalue weighted by atomic mass is 10.2. The highest BCUT2D eigenvalue weighted by atomic mass is 32.1. The van der Waals surface area contributed by atoms with E-state index in [1.807, 2.05) is 4.90 Å². The standard InChI is InChI=1S/C17H22N8O2S/c1-2-14-20-12(10-28-14)9-24-5-7-25(8-6-24)15(26)4-3-13-21-17(23-27-13)16-18-11-19-22-16/h10-11H,2-9H2,1H3,(H,18,19,22). The van der Waals surface area contributed by atoms with E-state index in [0.717, 1.165) is 44.8 Å². The number of hydrogen-bond acceptors (Lipinski definition) is 9. The van der Waals surface area contributed by atoms with E-state index < -0.39 is 0 Å². The highest BCUT2D eigenvalue weighted by molar-refractivity contribution is 7.09. The number of carbonyl (C=O) groups excluding carboxylic acids is 1. The summed E-state index contributed by atoms with van der Waals surface area (Å²) >= 11 is 1.72. The first kappa shape index (κ1) is 18.7. The van der Waals surface area contributed by atoms with Crippen LogP contribution in [0.15, 0.2) is 16.2 Å². The normalized spacial score (nSPS) is 15.2. The van der Waals surface area contributed by atoms with Gasteiger partial charge in [-0.05, 0) is 6.42 Å². The lowest BCUT2D eigenvalue weighted by Gasteiger charge is -2.34. The van der Waals surface area contributed by atoms with Gasteiger partial charge in [0.05, 0.1) is 10.7 Å². The Morgan fingerprint density at radius 3 is 2.86 bits per heavy atom. The summed E-state index contributed by atoms with van der Waals surface area (Å²) in [4.78, 5) is 29.6. The third-order valence-electron chi connectivity index (χ3n) is 4.66. The van der Waals surface area contributed by atoms with Gasteiger partial charge in [0.25, 0.3) is 0 Å². The second-order valence-electron chi connectivity index (χ2n) is 6.59. The highest BCUT2D eigenvalue weighted by Crippen LogP contribution is 2.15. The third kappa shape index (κ3) is 4.42. The number of aromatic amines is 1. The van der Waals surface area contributed by atoms with Crippen molar-refractivity contribution in [1.82, 2.24) is 40.1 Å². The predicted octanol–water partition coefficient (Wildman–Crippen LogP) is 1.15. The Kier molecular flexibility index (Phi) is 5.72. The topological polar surface area (TPSA) is 117 Å². The zero-order valence-electron chi connectivity index (χ0n) is 15.7. The number of nitrogens with zero attached hydrogens (tertiary/aromatic N) is 7. The van der Waals surface area contributed by atoms with E-state index in [9.17, 15) is 4.79 Å². The lowest BCUT2D eigenvalue weighted by Crippen LogP contribution is -2.48. The van der Waals surface area contributed by atoms with Crippen LogP contribution in [0.5, 0.6) is 0 Å². The Labute approximate surface area is 166 Å². The summed E-state index contributed by atoms with van der Waals surface area (Å²) in [6.07, 6.45) is 3.13. The van der Waals surface area contributed by atoms with Gasteiger partial charge in [0.1, 0.15) is 6.33 Å². The molecule has 1 aliphatic rings. The van der Waals surface area contributed by atoms with E-state index in [2.05, 4.69) is 47.5 Å². The minimum Gasteiger partial charge on any atom is -0.340 e. The number of amides is 1. The molecular weight excluding hydrogens is 380 g/mol. The fourth-order valence-corrected chi connectivity index (χ4v) is 3.84. The molecular formula is C17H22N8O2S. The van der Waals surface area contributed by atoms with Crippen LogP contribution in [0.2, 0.25) is 0 Å². The van der Waals surface area contributed by atoms with Gasteiger partial charge in [-0.15, -0.1) is 11.3 Å². The SMILES string of the molecule is CCc1nc(CN2CCN(C(=O)CCc3nc(-c4ncn[nH]4)no3)CC2)cs1. The first-order valence-electron chi connectivity index (χ1n) is 9.33. The number of nitrogens with one attached hydrogen (secondary N) is 1. The van der Waals surface area contributed by atoms with Crippen molar-refractivity contribution in [2.45, 2.75) is 32.7 Å². The monoisotopic (exact) mass is 402 g/mol. The average molecular weight is 402 g/mol. The van der Waals surface area contributed by atoms with Gasteiger partial charge in [-0.2, -0.15) is 10.1 Å². The molecule has 0 unspecified atom stereocenters. The van der Waals surface area contributed by atoms with Gasteiger partial charge in [0, 0.05) is 50.9 Å². The summed E-state index contributed by atoms with van der Waals surface area (Å²) in [5, 5.41) is 13.6. The van der Waals surface area contributed by atoms with E-state index in [1.54, 1.807) is 11.3 Å². The van der Waals surface area contributed by atoms with E-state index in [4.69, 9.17) is 4.52 Å². The second kappa shape index (κ2) is 8.57. The van der Waals surface area contributed by atoms with Gasteiger partial charge in [-0.1, -0.05) is 12.1 Å². The fraction of sp³-hybridized carbons (Fsp3) is 0.529. The molecule has 1 N–H and O–H groups in total. The molecule has 0 spiro atoms. The zero-order valence-corrected chi connectivity index (χ0v) is 16.5. The number of H-pyrrole nitrogens is 1. The van der Waals surface area contributed by atoms with Gasteiger partial charge in [-0.3, -0.25) is 14.8 Å². The first-order valence-corrected chi connectivity index (χ1v) is 10.2. The maximum absolute atomic E-state index is 12.5. The second-order valence-corrected chi connectivity index (χ2v) is 7.53. The minimum absolute atomic E-state index is 0.112.